The molecule has 3 aromatic rings. The smallest absolute Gasteiger partial charge is 0.277 e. The molecule has 2 heterocycles. The number of hydrogen-bond acceptors (Lipinski definition) is 7. The van der Waals surface area contributed by atoms with E-state index in [0.29, 0.717) is 23.1 Å². The fourth-order valence-electron chi connectivity index (χ4n) is 1.78. The minimum Gasteiger partial charge on any atom is -0.414 e. The number of carbonyl (C=O) groups excluding carboxylic acids is 1. The molecule has 0 fully saturated rings. The van der Waals surface area contributed by atoms with Gasteiger partial charge in [0.2, 0.25) is 11.8 Å². The van der Waals surface area contributed by atoms with Crippen LogP contribution in [0.15, 0.2) is 34.4 Å². The van der Waals surface area contributed by atoms with E-state index in [9.17, 15) is 4.79 Å². The molecule has 0 spiro atoms. The predicted octanol–water partition coefficient (Wildman–Crippen LogP) is 3.40. The molecule has 0 radical (unpaired) electrons. The molecule has 1 N–H and O–H groups in total. The van der Waals surface area contributed by atoms with E-state index in [4.69, 9.17) is 39.2 Å². The number of benzene rings is 1. The Bertz CT molecular complexity index is 863. The van der Waals surface area contributed by atoms with Crippen LogP contribution in [0.4, 0.5) is 5.69 Å². The van der Waals surface area contributed by atoms with Gasteiger partial charge in [0.1, 0.15) is 19.2 Å². The Morgan fingerprint density at radius 2 is 2.00 bits per heavy atom. The highest BCUT2D eigenvalue weighted by Crippen LogP contribution is 2.33. The van der Waals surface area contributed by atoms with E-state index in [1.54, 1.807) is 4.68 Å². The first kappa shape index (κ1) is 18.0. The molecule has 2 aromatic heterocycles. The number of thioether (sulfide) groups is 1. The van der Waals surface area contributed by atoms with Crippen LogP contribution in [0.5, 0.6) is 0 Å². The summed E-state index contributed by atoms with van der Waals surface area (Å²) < 4.78 is 6.96. The van der Waals surface area contributed by atoms with Gasteiger partial charge in [-0.3, -0.25) is 4.79 Å². The molecule has 130 valence electrons. The molecule has 0 saturated heterocycles. The van der Waals surface area contributed by atoms with Crippen LogP contribution >= 0.6 is 46.6 Å². The van der Waals surface area contributed by atoms with Gasteiger partial charge in [0.25, 0.3) is 5.22 Å². The van der Waals surface area contributed by atoms with Gasteiger partial charge in [-0.1, -0.05) is 46.6 Å². The first-order valence-electron chi connectivity index (χ1n) is 6.73. The molecule has 0 aliphatic carbocycles. The summed E-state index contributed by atoms with van der Waals surface area (Å²) in [6, 6.07) is 2.98. The van der Waals surface area contributed by atoms with Crippen molar-refractivity contribution in [3.63, 3.8) is 0 Å². The maximum absolute atomic E-state index is 12.0. The highest BCUT2D eigenvalue weighted by molar-refractivity contribution is 7.99. The van der Waals surface area contributed by atoms with Crippen molar-refractivity contribution in [1.82, 2.24) is 25.0 Å². The van der Waals surface area contributed by atoms with Crippen molar-refractivity contribution in [3.8, 4) is 0 Å². The molecule has 0 bridgehead atoms. The van der Waals surface area contributed by atoms with E-state index in [1.165, 1.54) is 24.8 Å². The van der Waals surface area contributed by atoms with Crippen molar-refractivity contribution in [1.29, 1.82) is 0 Å². The summed E-state index contributed by atoms with van der Waals surface area (Å²) in [5.41, 5.74) is 0.302. The Balaban J connectivity index is 1.55. The molecule has 0 aliphatic rings. The summed E-state index contributed by atoms with van der Waals surface area (Å²) in [6.07, 6.45) is 2.94. The maximum atomic E-state index is 12.0. The van der Waals surface area contributed by atoms with Gasteiger partial charge in [0.05, 0.1) is 21.5 Å². The van der Waals surface area contributed by atoms with Crippen LogP contribution in [0.25, 0.3) is 0 Å². The number of anilines is 1. The second kappa shape index (κ2) is 8.05. The average molecular weight is 420 g/mol. The van der Waals surface area contributed by atoms with Crippen LogP contribution in [0.3, 0.4) is 0 Å². The van der Waals surface area contributed by atoms with Gasteiger partial charge < -0.3 is 9.73 Å². The molecular formula is C13H9Cl3N6O2S. The zero-order chi connectivity index (χ0) is 17.8. The van der Waals surface area contributed by atoms with Crippen molar-refractivity contribution in [2.24, 2.45) is 0 Å². The third-order valence-electron chi connectivity index (χ3n) is 2.81. The van der Waals surface area contributed by atoms with E-state index in [0.717, 1.165) is 11.8 Å². The largest absolute Gasteiger partial charge is 0.414 e. The number of halogens is 3. The van der Waals surface area contributed by atoms with Gasteiger partial charge in [-0.25, -0.2) is 9.67 Å². The number of hydrogen-bond donors (Lipinski definition) is 1. The van der Waals surface area contributed by atoms with E-state index in [-0.39, 0.29) is 26.9 Å². The Kier molecular flexibility index (Phi) is 5.79. The molecule has 8 nitrogen and oxygen atoms in total. The van der Waals surface area contributed by atoms with Gasteiger partial charge in [0, 0.05) is 5.02 Å². The lowest BCUT2D eigenvalue weighted by Crippen LogP contribution is -2.14. The minimum absolute atomic E-state index is 0.0419. The summed E-state index contributed by atoms with van der Waals surface area (Å²) in [5, 5.41) is 15.4. The zero-order valence-electron chi connectivity index (χ0n) is 12.3. The summed E-state index contributed by atoms with van der Waals surface area (Å²) in [5.74, 6) is 0.0737. The minimum atomic E-state index is -0.327. The Labute approximate surface area is 160 Å². The average Bonchev–Trinajstić information content (AvgIpc) is 3.21. The molecule has 0 unspecified atom stereocenters. The first-order chi connectivity index (χ1) is 12.0. The number of nitrogens with one attached hydrogen (secondary N) is 1. The van der Waals surface area contributed by atoms with Gasteiger partial charge in [-0.15, -0.1) is 10.2 Å². The van der Waals surface area contributed by atoms with E-state index in [2.05, 4.69) is 25.6 Å². The van der Waals surface area contributed by atoms with Crippen LogP contribution in [0.2, 0.25) is 15.1 Å². The van der Waals surface area contributed by atoms with Gasteiger partial charge >= 0.3 is 0 Å². The number of nitrogens with zero attached hydrogens (tertiary/aromatic N) is 5. The number of rotatable bonds is 6. The standard InChI is InChI=1S/C13H9Cl3N6O2S/c14-7-1-8(15)12(9(16)2-7)19-10(23)4-25-13-21-20-11(24-13)3-22-6-17-5-18-22/h1-2,5-6H,3-4H2,(H,19,23). The molecule has 12 heteroatoms. The highest BCUT2D eigenvalue weighted by Gasteiger charge is 2.14. The lowest BCUT2D eigenvalue weighted by molar-refractivity contribution is -0.113. The number of aromatic nitrogens is 5. The van der Waals surface area contributed by atoms with Crippen molar-refractivity contribution in [2.45, 2.75) is 11.8 Å². The quantitative estimate of drug-likeness (QED) is 0.611. The van der Waals surface area contributed by atoms with Crippen LogP contribution in [0, 0.1) is 0 Å². The first-order valence-corrected chi connectivity index (χ1v) is 8.85. The highest BCUT2D eigenvalue weighted by atomic mass is 35.5. The molecule has 3 rings (SSSR count). The lowest BCUT2D eigenvalue weighted by Gasteiger charge is -2.09. The molecule has 0 aliphatic heterocycles. The fraction of sp³-hybridized carbons (Fsp3) is 0.154. The molecular weight excluding hydrogens is 411 g/mol. The molecule has 1 aromatic carbocycles. The van der Waals surface area contributed by atoms with E-state index < -0.39 is 0 Å². The van der Waals surface area contributed by atoms with Gasteiger partial charge in [-0.05, 0) is 12.1 Å². The van der Waals surface area contributed by atoms with Crippen molar-refractivity contribution in [2.75, 3.05) is 11.1 Å². The third-order valence-corrected chi connectivity index (χ3v) is 4.44. The Morgan fingerprint density at radius 1 is 1.24 bits per heavy atom. The molecule has 0 saturated carbocycles. The summed E-state index contributed by atoms with van der Waals surface area (Å²) >= 11 is 19.0. The second-order valence-corrected chi connectivity index (χ2v) is 6.81. The second-order valence-electron chi connectivity index (χ2n) is 4.64. The van der Waals surface area contributed by atoms with Crippen molar-refractivity contribution >= 4 is 58.2 Å². The predicted molar refractivity (Wildman–Crippen MR) is 94.2 cm³/mol. The number of carbonyl (C=O) groups is 1. The molecule has 1 amide bonds. The van der Waals surface area contributed by atoms with Crippen molar-refractivity contribution in [3.05, 3.63) is 45.7 Å². The molecule has 25 heavy (non-hydrogen) atoms. The monoisotopic (exact) mass is 418 g/mol. The molecule has 0 atom stereocenters. The zero-order valence-corrected chi connectivity index (χ0v) is 15.4. The SMILES string of the molecule is O=C(CSc1nnc(Cn2cncn2)o1)Nc1c(Cl)cc(Cl)cc1Cl. The topological polar surface area (TPSA) is 98.7 Å². The number of amides is 1. The summed E-state index contributed by atoms with van der Waals surface area (Å²) in [4.78, 5) is 15.9. The lowest BCUT2D eigenvalue weighted by atomic mass is 10.3. The Morgan fingerprint density at radius 3 is 2.68 bits per heavy atom. The van der Waals surface area contributed by atoms with Gasteiger partial charge in [-0.2, -0.15) is 5.10 Å². The van der Waals surface area contributed by atoms with E-state index >= 15 is 0 Å². The van der Waals surface area contributed by atoms with Crippen LogP contribution in [-0.4, -0.2) is 36.6 Å². The summed E-state index contributed by atoms with van der Waals surface area (Å²) in [7, 11) is 0. The fourth-order valence-corrected chi connectivity index (χ4v) is 3.27. The van der Waals surface area contributed by atoms with E-state index in [1.807, 2.05) is 0 Å². The normalized spacial score (nSPS) is 10.8. The van der Waals surface area contributed by atoms with Gasteiger partial charge in [0.15, 0.2) is 0 Å². The summed E-state index contributed by atoms with van der Waals surface area (Å²) in [6.45, 7) is 0.301. The maximum Gasteiger partial charge on any atom is 0.277 e. The van der Waals surface area contributed by atoms with Crippen molar-refractivity contribution < 1.29 is 9.21 Å². The third kappa shape index (κ3) is 4.85. The Hall–Kier alpha value is -1.81. The van der Waals surface area contributed by atoms with Crippen LogP contribution in [0.1, 0.15) is 5.89 Å². The van der Waals surface area contributed by atoms with Crippen LogP contribution < -0.4 is 5.32 Å². The van der Waals surface area contributed by atoms with Crippen LogP contribution in [-0.2, 0) is 11.3 Å².